The molecule has 0 amide bonds. The molecular weight excluding hydrogens is 306 g/mol. The second-order valence-electron chi connectivity index (χ2n) is 4.80. The van der Waals surface area contributed by atoms with Crippen molar-refractivity contribution in [3.63, 3.8) is 0 Å². The first kappa shape index (κ1) is 13.1. The lowest BCUT2D eigenvalue weighted by molar-refractivity contribution is 0.174. The summed E-state index contributed by atoms with van der Waals surface area (Å²) in [6, 6.07) is 3.50. The molecule has 112 valence electrons. The number of pyridine rings is 1. The molecule has 0 spiro atoms. The number of ether oxygens (including phenoxy) is 2. The quantitative estimate of drug-likeness (QED) is 0.731. The Kier molecular flexibility index (Phi) is 2.80. The van der Waals surface area contributed by atoms with E-state index in [1.165, 1.54) is 0 Å². The van der Waals surface area contributed by atoms with Crippen LogP contribution in [0.5, 0.6) is 11.5 Å². The Morgan fingerprint density at radius 3 is 2.82 bits per heavy atom. The number of benzene rings is 1. The zero-order valence-corrected chi connectivity index (χ0v) is 12.4. The highest BCUT2D eigenvalue weighted by atomic mass is 32.1. The molecule has 8 heteroatoms. The molecule has 1 aliphatic rings. The van der Waals surface area contributed by atoms with Crippen LogP contribution >= 0.6 is 12.2 Å². The van der Waals surface area contributed by atoms with Crippen molar-refractivity contribution >= 4 is 23.1 Å². The first-order valence-corrected chi connectivity index (χ1v) is 7.11. The number of aromatic nitrogens is 3. The zero-order chi connectivity index (χ0) is 15.3. The van der Waals surface area contributed by atoms with E-state index in [2.05, 4.69) is 10.2 Å². The molecule has 2 aromatic heterocycles. The maximum absolute atomic E-state index is 12.7. The van der Waals surface area contributed by atoms with Crippen LogP contribution in [-0.2, 0) is 6.54 Å². The standard InChI is InChI=1S/C14H11N3O4S/c1-2-17-5-8(13-15-16-14(22)21-13)12(18)7-3-10-11(4-9(7)17)20-6-19-10/h3-5H,2,6H2,1H3,(H,16,22). The van der Waals surface area contributed by atoms with E-state index in [0.717, 1.165) is 5.52 Å². The Hall–Kier alpha value is -2.61. The summed E-state index contributed by atoms with van der Waals surface area (Å²) in [6.07, 6.45) is 1.71. The Bertz CT molecular complexity index is 1000. The van der Waals surface area contributed by atoms with E-state index in [4.69, 9.17) is 26.1 Å². The van der Waals surface area contributed by atoms with Crippen LogP contribution in [0.3, 0.4) is 0 Å². The molecule has 22 heavy (non-hydrogen) atoms. The number of rotatable bonds is 2. The number of fused-ring (bicyclic) bond motifs is 2. The van der Waals surface area contributed by atoms with Crippen molar-refractivity contribution in [2.45, 2.75) is 13.5 Å². The molecule has 0 saturated heterocycles. The molecule has 0 fully saturated rings. The minimum atomic E-state index is -0.191. The van der Waals surface area contributed by atoms with Crippen molar-refractivity contribution in [3.8, 4) is 23.0 Å². The van der Waals surface area contributed by atoms with Crippen molar-refractivity contribution in [2.75, 3.05) is 6.79 Å². The van der Waals surface area contributed by atoms with Gasteiger partial charge in [0.1, 0.15) is 5.56 Å². The third-order valence-electron chi connectivity index (χ3n) is 3.58. The second kappa shape index (κ2) is 4.70. The third kappa shape index (κ3) is 1.84. The van der Waals surface area contributed by atoms with Crippen LogP contribution in [0, 0.1) is 4.84 Å². The van der Waals surface area contributed by atoms with Crippen molar-refractivity contribution in [1.29, 1.82) is 0 Å². The molecule has 1 aromatic carbocycles. The summed E-state index contributed by atoms with van der Waals surface area (Å²) in [6.45, 7) is 2.82. The molecule has 0 atom stereocenters. The topological polar surface area (TPSA) is 82.3 Å². The summed E-state index contributed by atoms with van der Waals surface area (Å²) in [5.41, 5.74) is 0.929. The first-order chi connectivity index (χ1) is 10.7. The van der Waals surface area contributed by atoms with Gasteiger partial charge in [0, 0.05) is 18.8 Å². The first-order valence-electron chi connectivity index (χ1n) is 6.70. The lowest BCUT2D eigenvalue weighted by atomic mass is 10.1. The van der Waals surface area contributed by atoms with E-state index in [-0.39, 0.29) is 22.9 Å². The average Bonchev–Trinajstić information content (AvgIpc) is 3.14. The van der Waals surface area contributed by atoms with Crippen LogP contribution in [0.4, 0.5) is 0 Å². The molecule has 0 aliphatic carbocycles. The van der Waals surface area contributed by atoms with Gasteiger partial charge in [0.25, 0.3) is 10.7 Å². The van der Waals surface area contributed by atoms with Crippen molar-refractivity contribution in [2.24, 2.45) is 0 Å². The van der Waals surface area contributed by atoms with Gasteiger partial charge in [-0.05, 0) is 25.2 Å². The Labute approximate surface area is 129 Å². The number of hydrogen-bond donors (Lipinski definition) is 1. The van der Waals surface area contributed by atoms with Crippen LogP contribution in [0.25, 0.3) is 22.4 Å². The highest BCUT2D eigenvalue weighted by Crippen LogP contribution is 2.35. The van der Waals surface area contributed by atoms with Crippen LogP contribution in [0.1, 0.15) is 6.92 Å². The maximum atomic E-state index is 12.7. The van der Waals surface area contributed by atoms with E-state index in [0.29, 0.717) is 29.0 Å². The second-order valence-corrected chi connectivity index (χ2v) is 5.17. The molecule has 0 saturated carbocycles. The third-order valence-corrected chi connectivity index (χ3v) is 3.76. The van der Waals surface area contributed by atoms with Crippen LogP contribution in [0.2, 0.25) is 0 Å². The highest BCUT2D eigenvalue weighted by Gasteiger charge is 2.20. The number of aromatic amines is 1. The summed E-state index contributed by atoms with van der Waals surface area (Å²) >= 11 is 4.87. The molecule has 0 bridgehead atoms. The van der Waals surface area contributed by atoms with Crippen molar-refractivity contribution < 1.29 is 13.9 Å². The smallest absolute Gasteiger partial charge is 0.284 e. The molecule has 3 heterocycles. The maximum Gasteiger partial charge on any atom is 0.284 e. The monoisotopic (exact) mass is 317 g/mol. The van der Waals surface area contributed by atoms with E-state index in [1.807, 2.05) is 17.6 Å². The van der Waals surface area contributed by atoms with E-state index >= 15 is 0 Å². The van der Waals surface area contributed by atoms with E-state index in [9.17, 15) is 4.79 Å². The fourth-order valence-corrected chi connectivity index (χ4v) is 2.66. The van der Waals surface area contributed by atoms with Gasteiger partial charge in [-0.15, -0.1) is 5.10 Å². The minimum absolute atomic E-state index is 0.128. The Balaban J connectivity index is 2.08. The van der Waals surface area contributed by atoms with Gasteiger partial charge in [-0.1, -0.05) is 0 Å². The lowest BCUT2D eigenvalue weighted by Gasteiger charge is -2.10. The number of nitrogens with one attached hydrogen (secondary N) is 1. The molecule has 1 N–H and O–H groups in total. The number of H-pyrrole nitrogens is 1. The van der Waals surface area contributed by atoms with Crippen LogP contribution in [-0.4, -0.2) is 21.6 Å². The van der Waals surface area contributed by atoms with Gasteiger partial charge in [-0.2, -0.15) is 0 Å². The molecule has 3 aromatic rings. The van der Waals surface area contributed by atoms with Gasteiger partial charge in [0.05, 0.1) is 10.9 Å². The average molecular weight is 317 g/mol. The summed E-state index contributed by atoms with van der Waals surface area (Å²) in [4.78, 5) is 12.9. The normalized spacial score (nSPS) is 13.0. The van der Waals surface area contributed by atoms with Gasteiger partial charge in [-0.3, -0.25) is 4.79 Å². The van der Waals surface area contributed by atoms with Gasteiger partial charge >= 0.3 is 0 Å². The summed E-state index contributed by atoms with van der Waals surface area (Å²) in [7, 11) is 0. The largest absolute Gasteiger partial charge is 0.454 e. The molecule has 0 radical (unpaired) electrons. The highest BCUT2D eigenvalue weighted by molar-refractivity contribution is 7.71. The Morgan fingerprint density at radius 2 is 2.14 bits per heavy atom. The van der Waals surface area contributed by atoms with Gasteiger partial charge < -0.3 is 18.5 Å². The SMILES string of the molecule is CCn1cc(-c2n[nH]c(=S)o2)c(=O)c2cc3c(cc21)OCO3. The van der Waals surface area contributed by atoms with Crippen molar-refractivity contribution in [3.05, 3.63) is 33.4 Å². The number of aryl methyl sites for hydroxylation is 1. The predicted octanol–water partition coefficient (Wildman–Crippen LogP) is 2.46. The summed E-state index contributed by atoms with van der Waals surface area (Å²) < 4.78 is 17.9. The van der Waals surface area contributed by atoms with Crippen LogP contribution < -0.4 is 14.9 Å². The Morgan fingerprint density at radius 1 is 1.36 bits per heavy atom. The molecule has 4 rings (SSSR count). The number of nitrogens with zero attached hydrogens (tertiary/aromatic N) is 2. The molecule has 1 aliphatic heterocycles. The summed E-state index contributed by atoms with van der Waals surface area (Å²) in [5, 5.41) is 6.98. The fourth-order valence-electron chi connectivity index (χ4n) is 2.54. The minimum Gasteiger partial charge on any atom is -0.454 e. The van der Waals surface area contributed by atoms with Crippen LogP contribution in [0.15, 0.2) is 27.5 Å². The zero-order valence-electron chi connectivity index (χ0n) is 11.6. The van der Waals surface area contributed by atoms with Gasteiger partial charge in [-0.25, -0.2) is 5.10 Å². The summed E-state index contributed by atoms with van der Waals surface area (Å²) in [5.74, 6) is 1.38. The van der Waals surface area contributed by atoms with E-state index in [1.54, 1.807) is 12.3 Å². The fraction of sp³-hybridized carbons (Fsp3) is 0.214. The van der Waals surface area contributed by atoms with E-state index < -0.39 is 0 Å². The molecular formula is C14H11N3O4S. The van der Waals surface area contributed by atoms with Gasteiger partial charge in [0.2, 0.25) is 12.2 Å². The van der Waals surface area contributed by atoms with Crippen molar-refractivity contribution in [1.82, 2.24) is 14.8 Å². The predicted molar refractivity (Wildman–Crippen MR) is 80.7 cm³/mol. The molecule has 7 nitrogen and oxygen atoms in total. The van der Waals surface area contributed by atoms with Gasteiger partial charge in [0.15, 0.2) is 11.5 Å². The number of hydrogen-bond acceptors (Lipinski definition) is 6. The molecule has 0 unspecified atom stereocenters. The lowest BCUT2D eigenvalue weighted by Crippen LogP contribution is -2.11.